The highest BCUT2D eigenvalue weighted by Crippen LogP contribution is 2.18. The van der Waals surface area contributed by atoms with Gasteiger partial charge in [-0.15, -0.1) is 0 Å². The molecule has 0 spiro atoms. The molecule has 1 aromatic rings. The summed E-state index contributed by atoms with van der Waals surface area (Å²) < 4.78 is 0. The smallest absolute Gasteiger partial charge is 0.337 e. The molecule has 18 heavy (non-hydrogen) atoms. The number of amides is 1. The molecule has 2 heterocycles. The Hall–Kier alpha value is -1.82. The van der Waals surface area contributed by atoms with Crippen LogP contribution >= 0.6 is 11.6 Å². The van der Waals surface area contributed by atoms with Crippen LogP contribution in [0, 0.1) is 0 Å². The lowest BCUT2D eigenvalue weighted by atomic mass is 10.2. The SMILES string of the molecule is O=C1CCC(CNc2cc(C(=O)O)c(Cl)cn2)N1. The lowest BCUT2D eigenvalue weighted by Crippen LogP contribution is -2.32. The Balaban J connectivity index is 1.99. The van der Waals surface area contributed by atoms with Gasteiger partial charge in [-0.2, -0.15) is 0 Å². The quantitative estimate of drug-likeness (QED) is 0.762. The van der Waals surface area contributed by atoms with E-state index < -0.39 is 5.97 Å². The summed E-state index contributed by atoms with van der Waals surface area (Å²) in [5, 5.41) is 14.8. The molecule has 6 nitrogen and oxygen atoms in total. The number of pyridine rings is 1. The second-order valence-electron chi connectivity index (χ2n) is 4.04. The van der Waals surface area contributed by atoms with Crippen LogP contribution < -0.4 is 10.6 Å². The first kappa shape index (κ1) is 12.6. The molecule has 1 aliphatic heterocycles. The number of nitrogens with zero attached hydrogens (tertiary/aromatic N) is 1. The van der Waals surface area contributed by atoms with E-state index in [1.165, 1.54) is 12.3 Å². The number of hydrogen-bond donors (Lipinski definition) is 3. The van der Waals surface area contributed by atoms with Crippen LogP contribution in [0.2, 0.25) is 5.02 Å². The van der Waals surface area contributed by atoms with E-state index in [2.05, 4.69) is 15.6 Å². The Bertz CT molecular complexity index is 492. The highest BCUT2D eigenvalue weighted by atomic mass is 35.5. The lowest BCUT2D eigenvalue weighted by Gasteiger charge is -2.12. The fourth-order valence-corrected chi connectivity index (χ4v) is 1.94. The van der Waals surface area contributed by atoms with Gasteiger partial charge >= 0.3 is 5.97 Å². The Morgan fingerprint density at radius 3 is 3.06 bits per heavy atom. The molecule has 7 heteroatoms. The van der Waals surface area contributed by atoms with E-state index in [4.69, 9.17) is 16.7 Å². The first-order valence-electron chi connectivity index (χ1n) is 5.48. The summed E-state index contributed by atoms with van der Waals surface area (Å²) in [6, 6.07) is 1.43. The van der Waals surface area contributed by atoms with E-state index in [1.807, 2.05) is 0 Å². The van der Waals surface area contributed by atoms with Gasteiger partial charge in [0, 0.05) is 25.2 Å². The van der Waals surface area contributed by atoms with Crippen molar-refractivity contribution in [3.05, 3.63) is 22.8 Å². The van der Waals surface area contributed by atoms with Crippen molar-refractivity contribution in [3.63, 3.8) is 0 Å². The predicted octanol–water partition coefficient (Wildman–Crippen LogP) is 1.12. The lowest BCUT2D eigenvalue weighted by molar-refractivity contribution is -0.119. The second-order valence-corrected chi connectivity index (χ2v) is 4.45. The zero-order valence-electron chi connectivity index (χ0n) is 9.44. The van der Waals surface area contributed by atoms with Gasteiger partial charge in [-0.05, 0) is 12.5 Å². The fraction of sp³-hybridized carbons (Fsp3) is 0.364. The van der Waals surface area contributed by atoms with Gasteiger partial charge in [-0.25, -0.2) is 9.78 Å². The van der Waals surface area contributed by atoms with Gasteiger partial charge in [0.2, 0.25) is 5.91 Å². The van der Waals surface area contributed by atoms with Crippen molar-refractivity contribution >= 4 is 29.3 Å². The van der Waals surface area contributed by atoms with Gasteiger partial charge in [0.1, 0.15) is 5.82 Å². The molecule has 1 amide bonds. The standard InChI is InChI=1S/C11H12ClN3O3/c12-8-5-14-9(3-7(8)11(17)18)13-4-6-1-2-10(16)15-6/h3,5-6H,1-2,4H2,(H,13,14)(H,15,16)(H,17,18). The third-order valence-electron chi connectivity index (χ3n) is 2.70. The maximum absolute atomic E-state index is 11.0. The first-order valence-corrected chi connectivity index (χ1v) is 5.86. The van der Waals surface area contributed by atoms with Crippen molar-refractivity contribution in [3.8, 4) is 0 Å². The normalized spacial score (nSPS) is 18.5. The molecule has 0 aliphatic carbocycles. The second kappa shape index (κ2) is 5.22. The molecule has 3 N–H and O–H groups in total. The first-order chi connectivity index (χ1) is 8.56. The molecule has 0 saturated carbocycles. The van der Waals surface area contributed by atoms with E-state index >= 15 is 0 Å². The minimum Gasteiger partial charge on any atom is -0.478 e. The van der Waals surface area contributed by atoms with E-state index in [0.717, 1.165) is 6.42 Å². The number of carbonyl (C=O) groups is 2. The summed E-state index contributed by atoms with van der Waals surface area (Å²) in [5.41, 5.74) is 0.00428. The van der Waals surface area contributed by atoms with Crippen molar-refractivity contribution in [1.29, 1.82) is 0 Å². The van der Waals surface area contributed by atoms with Crippen molar-refractivity contribution in [2.45, 2.75) is 18.9 Å². The van der Waals surface area contributed by atoms with Gasteiger partial charge < -0.3 is 15.7 Å². The number of aromatic nitrogens is 1. The Kier molecular flexibility index (Phi) is 3.66. The average Bonchev–Trinajstić information content (AvgIpc) is 2.74. The van der Waals surface area contributed by atoms with Gasteiger partial charge in [0.05, 0.1) is 10.6 Å². The van der Waals surface area contributed by atoms with Crippen LogP contribution in [-0.4, -0.2) is 34.6 Å². The number of hydrogen-bond acceptors (Lipinski definition) is 4. The monoisotopic (exact) mass is 269 g/mol. The van der Waals surface area contributed by atoms with Crippen molar-refractivity contribution < 1.29 is 14.7 Å². The molecule has 1 fully saturated rings. The molecule has 1 atom stereocenters. The highest BCUT2D eigenvalue weighted by Gasteiger charge is 2.20. The highest BCUT2D eigenvalue weighted by molar-refractivity contribution is 6.33. The molecule has 1 unspecified atom stereocenters. The average molecular weight is 270 g/mol. The summed E-state index contributed by atoms with van der Waals surface area (Å²) in [5.74, 6) is -0.630. The number of nitrogens with one attached hydrogen (secondary N) is 2. The maximum atomic E-state index is 11.0. The van der Waals surface area contributed by atoms with Gasteiger partial charge in [-0.3, -0.25) is 4.79 Å². The summed E-state index contributed by atoms with van der Waals surface area (Å²) >= 11 is 5.71. The number of anilines is 1. The molecule has 0 bridgehead atoms. The number of carbonyl (C=O) groups excluding carboxylic acids is 1. The van der Waals surface area contributed by atoms with Crippen LogP contribution in [0.4, 0.5) is 5.82 Å². The summed E-state index contributed by atoms with van der Waals surface area (Å²) in [4.78, 5) is 25.9. The zero-order valence-corrected chi connectivity index (χ0v) is 10.2. The fourth-order valence-electron chi connectivity index (χ4n) is 1.76. The minimum absolute atomic E-state index is 0.00428. The van der Waals surface area contributed by atoms with E-state index in [0.29, 0.717) is 18.8 Å². The third-order valence-corrected chi connectivity index (χ3v) is 3.00. The van der Waals surface area contributed by atoms with Gasteiger partial charge in [0.25, 0.3) is 0 Å². The number of rotatable bonds is 4. The van der Waals surface area contributed by atoms with E-state index in [9.17, 15) is 9.59 Å². The number of carboxylic acid groups (broad SMARTS) is 1. The molecule has 2 rings (SSSR count). The Labute approximate surface area is 108 Å². The predicted molar refractivity (Wildman–Crippen MR) is 65.9 cm³/mol. The maximum Gasteiger partial charge on any atom is 0.337 e. The van der Waals surface area contributed by atoms with Crippen LogP contribution in [0.3, 0.4) is 0 Å². The van der Waals surface area contributed by atoms with Gasteiger partial charge in [-0.1, -0.05) is 11.6 Å². The molecule has 1 aromatic heterocycles. The van der Waals surface area contributed by atoms with Crippen LogP contribution in [0.15, 0.2) is 12.3 Å². The molecular formula is C11H12ClN3O3. The van der Waals surface area contributed by atoms with Crippen molar-refractivity contribution in [1.82, 2.24) is 10.3 Å². The van der Waals surface area contributed by atoms with Crippen molar-refractivity contribution in [2.75, 3.05) is 11.9 Å². The van der Waals surface area contributed by atoms with Crippen LogP contribution in [0.1, 0.15) is 23.2 Å². The molecule has 0 radical (unpaired) electrons. The number of carboxylic acids is 1. The Morgan fingerprint density at radius 1 is 1.67 bits per heavy atom. The topological polar surface area (TPSA) is 91.3 Å². The Morgan fingerprint density at radius 2 is 2.44 bits per heavy atom. The van der Waals surface area contributed by atoms with E-state index in [-0.39, 0.29) is 22.5 Å². The zero-order chi connectivity index (χ0) is 13.1. The van der Waals surface area contributed by atoms with Crippen LogP contribution in [0.5, 0.6) is 0 Å². The van der Waals surface area contributed by atoms with E-state index in [1.54, 1.807) is 0 Å². The van der Waals surface area contributed by atoms with Crippen molar-refractivity contribution in [2.24, 2.45) is 0 Å². The summed E-state index contributed by atoms with van der Waals surface area (Å²) in [6.07, 6.45) is 2.59. The minimum atomic E-state index is -1.10. The summed E-state index contributed by atoms with van der Waals surface area (Å²) in [7, 11) is 0. The molecule has 1 aliphatic rings. The van der Waals surface area contributed by atoms with Crippen LogP contribution in [-0.2, 0) is 4.79 Å². The third kappa shape index (κ3) is 2.89. The number of aromatic carboxylic acids is 1. The molecule has 1 saturated heterocycles. The molecule has 96 valence electrons. The number of halogens is 1. The summed E-state index contributed by atoms with van der Waals surface area (Å²) in [6.45, 7) is 0.513. The van der Waals surface area contributed by atoms with Crippen LogP contribution in [0.25, 0.3) is 0 Å². The largest absolute Gasteiger partial charge is 0.478 e. The molecule has 0 aromatic carbocycles. The molecular weight excluding hydrogens is 258 g/mol. The van der Waals surface area contributed by atoms with Gasteiger partial charge in [0.15, 0.2) is 0 Å².